The van der Waals surface area contributed by atoms with Gasteiger partial charge < -0.3 is 19.5 Å². The number of benzene rings is 1. The lowest BCUT2D eigenvalue weighted by Gasteiger charge is -2.22. The number of nitrogens with one attached hydrogen (secondary N) is 2. The third kappa shape index (κ3) is 7.68. The van der Waals surface area contributed by atoms with Crippen molar-refractivity contribution in [3.05, 3.63) is 47.1 Å². The van der Waals surface area contributed by atoms with Crippen molar-refractivity contribution in [2.75, 3.05) is 30.1 Å². The van der Waals surface area contributed by atoms with Crippen LogP contribution in [0.5, 0.6) is 0 Å². The topological polar surface area (TPSA) is 92.7 Å². The first-order valence-corrected chi connectivity index (χ1v) is 15.0. The summed E-state index contributed by atoms with van der Waals surface area (Å²) in [5.41, 5.74) is 0.951. The molecule has 0 unspecified atom stereocenters. The maximum absolute atomic E-state index is 13.3. The van der Waals surface area contributed by atoms with Gasteiger partial charge in [0.15, 0.2) is 0 Å². The van der Waals surface area contributed by atoms with Gasteiger partial charge in [-0.2, -0.15) is 0 Å². The molecule has 0 saturated heterocycles. The number of thiophene rings is 1. The summed E-state index contributed by atoms with van der Waals surface area (Å²) in [4.78, 5) is 40.3. The van der Waals surface area contributed by atoms with Crippen LogP contribution in [0.2, 0.25) is 0 Å². The van der Waals surface area contributed by atoms with Gasteiger partial charge in [0.25, 0.3) is 11.8 Å². The third-order valence-electron chi connectivity index (χ3n) is 5.27. The van der Waals surface area contributed by atoms with Gasteiger partial charge in [-0.1, -0.05) is 21.6 Å². The highest BCUT2D eigenvalue weighted by Crippen LogP contribution is 2.33. The summed E-state index contributed by atoms with van der Waals surface area (Å²) in [7, 11) is 6.85. The minimum atomic E-state index is -0.623. The second-order valence-electron chi connectivity index (χ2n) is 10.2. The summed E-state index contributed by atoms with van der Waals surface area (Å²) in [6.07, 6.45) is 3.11. The van der Waals surface area contributed by atoms with Gasteiger partial charge in [0, 0.05) is 42.0 Å². The molecule has 0 bridgehead atoms. The molecule has 0 aliphatic carbocycles. The molecule has 3 aromatic rings. The van der Waals surface area contributed by atoms with E-state index in [1.807, 2.05) is 30.5 Å². The molecule has 0 aliphatic heterocycles. The van der Waals surface area contributed by atoms with Crippen molar-refractivity contribution in [1.29, 1.82) is 0 Å². The fraction of sp³-hybridized carbons (Fsp3) is 0.423. The lowest BCUT2D eigenvalue weighted by Crippen LogP contribution is -2.35. The standard InChI is InChI=1S/C26H34N4O4S3/c1-25(2,3)34-24(33)28-17-13-19(29(6)14-17)23(32)30(7)18-9-10-20-16(11-18)12-21(36-20)22(31)27-15-26(4,5)37-35-8/h9-14H,15H2,1-8H3,(H,27,31)(H,28,33). The quantitative estimate of drug-likeness (QED) is 0.309. The summed E-state index contributed by atoms with van der Waals surface area (Å²) in [5.74, 6) is -0.336. The molecule has 0 atom stereocenters. The molecule has 3 amide bonds. The van der Waals surface area contributed by atoms with E-state index in [1.54, 1.807) is 78.2 Å². The van der Waals surface area contributed by atoms with Crippen molar-refractivity contribution in [3.8, 4) is 0 Å². The highest BCUT2D eigenvalue weighted by molar-refractivity contribution is 8.77. The zero-order valence-corrected chi connectivity index (χ0v) is 24.9. The van der Waals surface area contributed by atoms with Crippen molar-refractivity contribution < 1.29 is 19.1 Å². The molecule has 2 heterocycles. The lowest BCUT2D eigenvalue weighted by molar-refractivity contribution is 0.0635. The predicted octanol–water partition coefficient (Wildman–Crippen LogP) is 6.38. The van der Waals surface area contributed by atoms with Crippen LogP contribution in [0.25, 0.3) is 10.1 Å². The average Bonchev–Trinajstić information content (AvgIpc) is 3.37. The lowest BCUT2D eigenvalue weighted by atomic mass is 10.2. The number of nitrogens with zero attached hydrogens (tertiary/aromatic N) is 2. The SMILES string of the molecule is CSSC(C)(C)CNC(=O)c1cc2cc(N(C)C(=O)c3cc(NC(=O)OC(C)(C)C)cn3C)ccc2s1. The van der Waals surface area contributed by atoms with Crippen LogP contribution >= 0.6 is 32.9 Å². The molecule has 0 spiro atoms. The Kier molecular flexibility index (Phi) is 8.92. The predicted molar refractivity (Wildman–Crippen MR) is 157 cm³/mol. The Morgan fingerprint density at radius 1 is 1.11 bits per heavy atom. The van der Waals surface area contributed by atoms with Crippen LogP contribution in [-0.2, 0) is 11.8 Å². The van der Waals surface area contributed by atoms with Gasteiger partial charge in [-0.05, 0) is 76.6 Å². The van der Waals surface area contributed by atoms with Crippen LogP contribution in [-0.4, -0.2) is 52.7 Å². The smallest absolute Gasteiger partial charge is 0.412 e. The highest BCUT2D eigenvalue weighted by Gasteiger charge is 2.22. The van der Waals surface area contributed by atoms with Crippen LogP contribution in [0.4, 0.5) is 16.2 Å². The number of carbonyl (C=O) groups is 3. The van der Waals surface area contributed by atoms with Crippen LogP contribution in [0, 0.1) is 0 Å². The largest absolute Gasteiger partial charge is 0.444 e. The van der Waals surface area contributed by atoms with Crippen LogP contribution in [0.1, 0.15) is 54.8 Å². The number of carbonyl (C=O) groups excluding carboxylic acids is 3. The number of aromatic nitrogens is 1. The third-order valence-corrected chi connectivity index (χ3v) is 9.00. The molecule has 0 aliphatic rings. The van der Waals surface area contributed by atoms with Gasteiger partial charge in [0.1, 0.15) is 11.3 Å². The molecule has 0 radical (unpaired) electrons. The molecular formula is C26H34N4O4S3. The number of hydrogen-bond acceptors (Lipinski definition) is 7. The van der Waals surface area contributed by atoms with E-state index in [9.17, 15) is 14.4 Å². The van der Waals surface area contributed by atoms with Gasteiger partial charge in [0.2, 0.25) is 0 Å². The first-order valence-electron chi connectivity index (χ1n) is 11.7. The Balaban J connectivity index is 1.73. The number of ether oxygens (including phenoxy) is 1. The monoisotopic (exact) mass is 562 g/mol. The van der Waals surface area contributed by atoms with Crippen molar-refractivity contribution in [1.82, 2.24) is 9.88 Å². The van der Waals surface area contributed by atoms with Crippen LogP contribution < -0.4 is 15.5 Å². The number of fused-ring (bicyclic) bond motifs is 1. The summed E-state index contributed by atoms with van der Waals surface area (Å²) >= 11 is 1.43. The average molecular weight is 563 g/mol. The fourth-order valence-electron chi connectivity index (χ4n) is 3.54. The molecule has 0 fully saturated rings. The van der Waals surface area contributed by atoms with Crippen molar-refractivity contribution in [3.63, 3.8) is 0 Å². The molecule has 11 heteroatoms. The number of anilines is 2. The summed E-state index contributed by atoms with van der Waals surface area (Å²) in [6, 6.07) is 9.16. The van der Waals surface area contributed by atoms with E-state index < -0.39 is 11.7 Å². The van der Waals surface area contributed by atoms with Crippen LogP contribution in [0.3, 0.4) is 0 Å². The molecule has 8 nitrogen and oxygen atoms in total. The first kappa shape index (κ1) is 28.9. The first-order chi connectivity index (χ1) is 17.2. The molecule has 2 aromatic heterocycles. The maximum Gasteiger partial charge on any atom is 0.412 e. The number of aryl methyl sites for hydroxylation is 1. The van der Waals surface area contributed by atoms with Crippen molar-refractivity contribution in [2.45, 2.75) is 45.0 Å². The molecular weight excluding hydrogens is 529 g/mol. The minimum absolute atomic E-state index is 0.0682. The van der Waals surface area contributed by atoms with E-state index in [-0.39, 0.29) is 16.6 Å². The molecule has 1 aromatic carbocycles. The van der Waals surface area contributed by atoms with E-state index in [4.69, 9.17) is 4.74 Å². The minimum Gasteiger partial charge on any atom is -0.444 e. The normalized spacial score (nSPS) is 11.9. The Morgan fingerprint density at radius 2 is 1.81 bits per heavy atom. The zero-order valence-electron chi connectivity index (χ0n) is 22.4. The van der Waals surface area contributed by atoms with E-state index in [1.165, 1.54) is 11.3 Å². The summed E-state index contributed by atoms with van der Waals surface area (Å²) in [6.45, 7) is 10.1. The van der Waals surface area contributed by atoms with E-state index in [2.05, 4.69) is 24.5 Å². The maximum atomic E-state index is 13.3. The van der Waals surface area contributed by atoms with Crippen molar-refractivity contribution in [2.24, 2.45) is 7.05 Å². The van der Waals surface area contributed by atoms with Gasteiger partial charge in [-0.3, -0.25) is 14.9 Å². The van der Waals surface area contributed by atoms with E-state index in [0.717, 1.165) is 10.1 Å². The second-order valence-corrected chi connectivity index (χ2v) is 14.4. The molecule has 3 rings (SSSR count). The molecule has 2 N–H and O–H groups in total. The van der Waals surface area contributed by atoms with Gasteiger partial charge in [-0.25, -0.2) is 4.79 Å². The van der Waals surface area contributed by atoms with Gasteiger partial charge in [0.05, 0.1) is 10.6 Å². The molecule has 0 saturated carbocycles. The molecule has 200 valence electrons. The zero-order chi connectivity index (χ0) is 27.5. The van der Waals surface area contributed by atoms with Gasteiger partial charge >= 0.3 is 6.09 Å². The number of hydrogen-bond donors (Lipinski definition) is 2. The van der Waals surface area contributed by atoms with E-state index >= 15 is 0 Å². The van der Waals surface area contributed by atoms with Crippen molar-refractivity contribution >= 4 is 72.3 Å². The Labute approximate surface area is 229 Å². The molecule has 37 heavy (non-hydrogen) atoms. The Hall–Kier alpha value is -2.63. The second kappa shape index (κ2) is 11.4. The summed E-state index contributed by atoms with van der Waals surface area (Å²) < 4.78 is 7.85. The Bertz CT molecular complexity index is 1310. The van der Waals surface area contributed by atoms with Crippen LogP contribution in [0.15, 0.2) is 36.5 Å². The van der Waals surface area contributed by atoms with Gasteiger partial charge in [-0.15, -0.1) is 11.3 Å². The number of amides is 3. The fourth-order valence-corrected chi connectivity index (χ4v) is 6.61. The summed E-state index contributed by atoms with van der Waals surface area (Å²) in [5, 5.41) is 6.59. The highest BCUT2D eigenvalue weighted by atomic mass is 33.1. The number of rotatable bonds is 8. The Morgan fingerprint density at radius 3 is 2.46 bits per heavy atom. The van der Waals surface area contributed by atoms with E-state index in [0.29, 0.717) is 28.5 Å².